The SMILES string of the molecule is O=C(O)c1cn(CCc2ccc(Cl)cc2Cl)c(=O)[nH]c1=O. The number of hydrogen-bond donors (Lipinski definition) is 2. The van der Waals surface area contributed by atoms with E-state index in [1.54, 1.807) is 18.2 Å². The van der Waals surface area contributed by atoms with Crippen LogP contribution in [0.3, 0.4) is 0 Å². The van der Waals surface area contributed by atoms with E-state index in [0.717, 1.165) is 16.3 Å². The lowest BCUT2D eigenvalue weighted by atomic mass is 10.1. The van der Waals surface area contributed by atoms with Gasteiger partial charge in [0.1, 0.15) is 5.56 Å². The van der Waals surface area contributed by atoms with Crippen LogP contribution >= 0.6 is 23.2 Å². The number of carbonyl (C=O) groups is 1. The Balaban J connectivity index is 2.28. The number of nitrogens with one attached hydrogen (secondary N) is 1. The van der Waals surface area contributed by atoms with E-state index in [1.165, 1.54) is 0 Å². The number of hydrogen-bond acceptors (Lipinski definition) is 3. The minimum Gasteiger partial charge on any atom is -0.477 e. The lowest BCUT2D eigenvalue weighted by molar-refractivity contribution is 0.0693. The molecule has 1 heterocycles. The third kappa shape index (κ3) is 3.53. The number of aromatic amines is 1. The maximum atomic E-state index is 11.6. The van der Waals surface area contributed by atoms with Gasteiger partial charge >= 0.3 is 11.7 Å². The van der Waals surface area contributed by atoms with Crippen LogP contribution in [0.5, 0.6) is 0 Å². The fourth-order valence-corrected chi connectivity index (χ4v) is 2.30. The molecule has 8 heteroatoms. The molecule has 1 aromatic carbocycles. The zero-order valence-electron chi connectivity index (χ0n) is 10.6. The second-order valence-electron chi connectivity index (χ2n) is 4.29. The number of nitrogens with zero attached hydrogens (tertiary/aromatic N) is 1. The van der Waals surface area contributed by atoms with Gasteiger partial charge in [-0.2, -0.15) is 0 Å². The maximum Gasteiger partial charge on any atom is 0.342 e. The molecule has 2 rings (SSSR count). The van der Waals surface area contributed by atoms with Gasteiger partial charge in [-0.25, -0.2) is 9.59 Å². The standard InChI is InChI=1S/C13H10Cl2N2O4/c14-8-2-1-7(10(15)5-8)3-4-17-6-9(12(19)20)11(18)16-13(17)21/h1-2,5-6H,3-4H2,(H,19,20)(H,16,18,21). The van der Waals surface area contributed by atoms with Crippen molar-refractivity contribution in [3.63, 3.8) is 0 Å². The van der Waals surface area contributed by atoms with Crippen molar-refractivity contribution in [3.8, 4) is 0 Å². The third-order valence-electron chi connectivity index (χ3n) is 2.88. The number of aryl methyl sites for hydroxylation is 2. The molecule has 21 heavy (non-hydrogen) atoms. The molecule has 0 saturated carbocycles. The smallest absolute Gasteiger partial charge is 0.342 e. The summed E-state index contributed by atoms with van der Waals surface area (Å²) in [6, 6.07) is 4.97. The largest absolute Gasteiger partial charge is 0.477 e. The van der Waals surface area contributed by atoms with Crippen molar-refractivity contribution in [1.29, 1.82) is 0 Å². The first-order chi connectivity index (χ1) is 9.88. The van der Waals surface area contributed by atoms with Crippen molar-refractivity contribution in [3.05, 3.63) is 66.4 Å². The van der Waals surface area contributed by atoms with Crippen LogP contribution in [0, 0.1) is 0 Å². The van der Waals surface area contributed by atoms with Gasteiger partial charge in [-0.3, -0.25) is 14.3 Å². The minimum atomic E-state index is -1.39. The molecule has 0 aliphatic rings. The van der Waals surface area contributed by atoms with Crippen LogP contribution in [0.1, 0.15) is 15.9 Å². The summed E-state index contributed by atoms with van der Waals surface area (Å²) in [5, 5.41) is 9.82. The molecule has 2 N–H and O–H groups in total. The molecule has 0 atom stereocenters. The highest BCUT2D eigenvalue weighted by Crippen LogP contribution is 2.21. The van der Waals surface area contributed by atoms with Crippen molar-refractivity contribution in [2.75, 3.05) is 0 Å². The fraction of sp³-hybridized carbons (Fsp3) is 0.154. The van der Waals surface area contributed by atoms with Crippen LogP contribution in [0.15, 0.2) is 34.0 Å². The van der Waals surface area contributed by atoms with E-state index in [2.05, 4.69) is 0 Å². The lowest BCUT2D eigenvalue weighted by Crippen LogP contribution is -2.33. The van der Waals surface area contributed by atoms with Crippen molar-refractivity contribution in [2.45, 2.75) is 13.0 Å². The Kier molecular flexibility index (Phi) is 4.50. The molecule has 0 spiro atoms. The van der Waals surface area contributed by atoms with E-state index in [1.807, 2.05) is 4.98 Å². The quantitative estimate of drug-likeness (QED) is 0.894. The van der Waals surface area contributed by atoms with Crippen LogP contribution in [0.25, 0.3) is 0 Å². The Labute approximate surface area is 128 Å². The monoisotopic (exact) mass is 328 g/mol. The molecule has 1 aromatic heterocycles. The predicted octanol–water partition coefficient (Wildman–Crippen LogP) is 1.78. The average Bonchev–Trinajstić information content (AvgIpc) is 2.39. The summed E-state index contributed by atoms with van der Waals surface area (Å²) in [5.41, 5.74) is -1.32. The molecule has 110 valence electrons. The molecule has 0 saturated heterocycles. The molecule has 0 radical (unpaired) electrons. The van der Waals surface area contributed by atoms with Gasteiger partial charge in [0.2, 0.25) is 0 Å². The van der Waals surface area contributed by atoms with Gasteiger partial charge in [0, 0.05) is 22.8 Å². The Morgan fingerprint density at radius 2 is 2.00 bits per heavy atom. The van der Waals surface area contributed by atoms with Crippen LogP contribution < -0.4 is 11.2 Å². The van der Waals surface area contributed by atoms with Crippen molar-refractivity contribution >= 4 is 29.2 Å². The first-order valence-electron chi connectivity index (χ1n) is 5.89. The van der Waals surface area contributed by atoms with Crippen LogP contribution in [0.4, 0.5) is 0 Å². The zero-order chi connectivity index (χ0) is 15.6. The molecule has 2 aromatic rings. The topological polar surface area (TPSA) is 92.2 Å². The Bertz CT molecular complexity index is 811. The molecule has 0 bridgehead atoms. The van der Waals surface area contributed by atoms with Gasteiger partial charge in [0.05, 0.1) is 0 Å². The number of aromatic carboxylic acids is 1. The highest BCUT2D eigenvalue weighted by molar-refractivity contribution is 6.35. The highest BCUT2D eigenvalue weighted by atomic mass is 35.5. The fourth-order valence-electron chi connectivity index (χ4n) is 1.79. The molecule has 0 aliphatic carbocycles. The molecular formula is C13H10Cl2N2O4. The summed E-state index contributed by atoms with van der Waals surface area (Å²) in [7, 11) is 0. The Morgan fingerprint density at radius 3 is 2.62 bits per heavy atom. The molecule has 6 nitrogen and oxygen atoms in total. The third-order valence-corrected chi connectivity index (χ3v) is 3.47. The number of halogens is 2. The Hall–Kier alpha value is -2.05. The number of carboxylic acid groups (broad SMARTS) is 1. The van der Waals surface area contributed by atoms with Crippen molar-refractivity contribution in [1.82, 2.24) is 9.55 Å². The first kappa shape index (κ1) is 15.3. The second kappa shape index (κ2) is 6.15. The van der Waals surface area contributed by atoms with Crippen molar-refractivity contribution < 1.29 is 9.90 Å². The summed E-state index contributed by atoms with van der Waals surface area (Å²) in [6.07, 6.45) is 1.41. The molecule has 0 amide bonds. The van der Waals surface area contributed by atoms with Crippen molar-refractivity contribution in [2.24, 2.45) is 0 Å². The van der Waals surface area contributed by atoms with E-state index in [-0.39, 0.29) is 6.54 Å². The van der Waals surface area contributed by atoms with Gasteiger partial charge in [-0.15, -0.1) is 0 Å². The van der Waals surface area contributed by atoms with Gasteiger partial charge in [-0.1, -0.05) is 29.3 Å². The predicted molar refractivity (Wildman–Crippen MR) is 78.4 cm³/mol. The van der Waals surface area contributed by atoms with E-state index >= 15 is 0 Å². The highest BCUT2D eigenvalue weighted by Gasteiger charge is 2.11. The number of carboxylic acids is 1. The lowest BCUT2D eigenvalue weighted by Gasteiger charge is -2.08. The summed E-state index contributed by atoms with van der Waals surface area (Å²) < 4.78 is 1.12. The van der Waals surface area contributed by atoms with Crippen LogP contribution in [0.2, 0.25) is 10.0 Å². The van der Waals surface area contributed by atoms with E-state index < -0.39 is 22.8 Å². The summed E-state index contributed by atoms with van der Waals surface area (Å²) in [4.78, 5) is 35.8. The van der Waals surface area contributed by atoms with Gasteiger partial charge < -0.3 is 5.11 Å². The number of H-pyrrole nitrogens is 1. The molecule has 0 fully saturated rings. The number of rotatable bonds is 4. The van der Waals surface area contributed by atoms with Gasteiger partial charge in [-0.05, 0) is 24.1 Å². The minimum absolute atomic E-state index is 0.178. The normalized spacial score (nSPS) is 10.6. The van der Waals surface area contributed by atoms with Crippen LogP contribution in [-0.4, -0.2) is 20.6 Å². The van der Waals surface area contributed by atoms with E-state index in [9.17, 15) is 14.4 Å². The summed E-state index contributed by atoms with van der Waals surface area (Å²) in [6.45, 7) is 0.178. The number of aromatic nitrogens is 2. The second-order valence-corrected chi connectivity index (χ2v) is 5.13. The summed E-state index contributed by atoms with van der Waals surface area (Å²) >= 11 is 11.8. The van der Waals surface area contributed by atoms with Crippen LogP contribution in [-0.2, 0) is 13.0 Å². The first-order valence-corrected chi connectivity index (χ1v) is 6.65. The maximum absolute atomic E-state index is 11.6. The molecule has 0 aliphatic heterocycles. The number of benzene rings is 1. The zero-order valence-corrected chi connectivity index (χ0v) is 12.1. The van der Waals surface area contributed by atoms with E-state index in [4.69, 9.17) is 28.3 Å². The Morgan fingerprint density at radius 1 is 1.29 bits per heavy atom. The van der Waals surface area contributed by atoms with Gasteiger partial charge in [0.25, 0.3) is 5.56 Å². The van der Waals surface area contributed by atoms with Gasteiger partial charge in [0.15, 0.2) is 0 Å². The molecule has 0 unspecified atom stereocenters. The van der Waals surface area contributed by atoms with E-state index in [0.29, 0.717) is 16.5 Å². The molecular weight excluding hydrogens is 319 g/mol. The summed E-state index contributed by atoms with van der Waals surface area (Å²) in [5.74, 6) is -1.39. The average molecular weight is 329 g/mol.